The molecule has 0 aliphatic carbocycles. The van der Waals surface area contributed by atoms with Crippen LogP contribution in [-0.2, 0) is 6.42 Å². The number of aliphatic hydroxyl groups is 1. The van der Waals surface area contributed by atoms with Crippen LogP contribution in [0.3, 0.4) is 0 Å². The van der Waals surface area contributed by atoms with E-state index >= 15 is 0 Å². The number of anilines is 3. The van der Waals surface area contributed by atoms with E-state index < -0.39 is 16.4 Å². The number of nitrogens with zero attached hydrogens (tertiary/aromatic N) is 4. The highest BCUT2D eigenvalue weighted by atomic mass is 19.1. The van der Waals surface area contributed by atoms with Crippen LogP contribution < -0.4 is 10.2 Å². The normalized spacial score (nSPS) is 16.7. The Balaban J connectivity index is 1.92. The van der Waals surface area contributed by atoms with Gasteiger partial charge in [-0.1, -0.05) is 13.3 Å². The molecule has 1 fully saturated rings. The summed E-state index contributed by atoms with van der Waals surface area (Å²) in [5.74, 6) is 0.211. The van der Waals surface area contributed by atoms with Crippen molar-refractivity contribution in [2.45, 2.75) is 51.5 Å². The molecule has 1 saturated heterocycles. The van der Waals surface area contributed by atoms with Crippen molar-refractivity contribution < 1.29 is 14.4 Å². The molecule has 0 amide bonds. The molecule has 0 bridgehead atoms. The van der Waals surface area contributed by atoms with E-state index in [-0.39, 0.29) is 12.6 Å². The first-order valence-electron chi connectivity index (χ1n) is 9.98. The second kappa shape index (κ2) is 9.60. The lowest BCUT2D eigenvalue weighted by Crippen LogP contribution is -2.40. The second-order valence-electron chi connectivity index (χ2n) is 7.19. The Morgan fingerprint density at radius 1 is 1.34 bits per heavy atom. The van der Waals surface area contributed by atoms with Gasteiger partial charge < -0.3 is 15.3 Å². The molecule has 3 rings (SSSR count). The number of nitro groups is 1. The van der Waals surface area contributed by atoms with Crippen molar-refractivity contribution in [3.63, 3.8) is 0 Å². The Morgan fingerprint density at radius 2 is 2.17 bits per heavy atom. The molecule has 1 aromatic carbocycles. The highest BCUT2D eigenvalue weighted by molar-refractivity contribution is 5.59. The minimum Gasteiger partial charge on any atom is -0.396 e. The van der Waals surface area contributed by atoms with Gasteiger partial charge in [0, 0.05) is 42.7 Å². The van der Waals surface area contributed by atoms with Crippen molar-refractivity contribution in [3.8, 4) is 0 Å². The van der Waals surface area contributed by atoms with Crippen LogP contribution in [0, 0.1) is 15.9 Å². The van der Waals surface area contributed by atoms with E-state index in [1.165, 1.54) is 6.07 Å². The molecule has 29 heavy (non-hydrogen) atoms. The molecule has 1 aliphatic rings. The zero-order chi connectivity index (χ0) is 20.8. The molecule has 0 radical (unpaired) electrons. The van der Waals surface area contributed by atoms with Gasteiger partial charge in [0.2, 0.25) is 11.8 Å². The number of nitro benzene ring substituents is 1. The molecule has 2 N–H and O–H groups in total. The SMILES string of the molecule is CCCc1cc(N2CCCCC2CCO)nc(Nc2ccc(F)c([N+](=O)[O-])c2)n1. The molecule has 1 aliphatic heterocycles. The van der Waals surface area contributed by atoms with E-state index in [9.17, 15) is 19.6 Å². The van der Waals surface area contributed by atoms with E-state index in [4.69, 9.17) is 0 Å². The number of benzene rings is 1. The van der Waals surface area contributed by atoms with Crippen LogP contribution in [0.1, 0.15) is 44.7 Å². The summed E-state index contributed by atoms with van der Waals surface area (Å²) in [4.78, 5) is 21.6. The number of hydrogen-bond donors (Lipinski definition) is 2. The van der Waals surface area contributed by atoms with Crippen molar-refractivity contribution >= 4 is 23.1 Å². The van der Waals surface area contributed by atoms with Gasteiger partial charge >= 0.3 is 5.69 Å². The van der Waals surface area contributed by atoms with Gasteiger partial charge in [0.05, 0.1) is 4.92 Å². The van der Waals surface area contributed by atoms with Gasteiger partial charge in [-0.2, -0.15) is 9.37 Å². The zero-order valence-corrected chi connectivity index (χ0v) is 16.5. The summed E-state index contributed by atoms with van der Waals surface area (Å²) in [6.07, 6.45) is 5.55. The van der Waals surface area contributed by atoms with Gasteiger partial charge in [0.1, 0.15) is 5.82 Å². The highest BCUT2D eigenvalue weighted by Gasteiger charge is 2.24. The molecule has 0 spiro atoms. The zero-order valence-electron chi connectivity index (χ0n) is 16.5. The standard InChI is InChI=1S/C20H26FN5O3/c1-2-5-14-13-19(25-10-4-3-6-16(25)9-11-27)24-20(22-14)23-15-7-8-17(21)18(12-15)26(28)29/h7-8,12-13,16,27H,2-6,9-11H2,1H3,(H,22,23,24). The molecule has 1 atom stereocenters. The lowest BCUT2D eigenvalue weighted by molar-refractivity contribution is -0.387. The van der Waals surface area contributed by atoms with Crippen molar-refractivity contribution in [3.05, 3.63) is 45.9 Å². The third-order valence-corrected chi connectivity index (χ3v) is 5.05. The molecular weight excluding hydrogens is 377 g/mol. The third-order valence-electron chi connectivity index (χ3n) is 5.05. The topological polar surface area (TPSA) is 104 Å². The predicted molar refractivity (Wildman–Crippen MR) is 109 cm³/mol. The molecule has 0 saturated carbocycles. The second-order valence-corrected chi connectivity index (χ2v) is 7.19. The summed E-state index contributed by atoms with van der Waals surface area (Å²) in [5, 5.41) is 23.4. The van der Waals surface area contributed by atoms with Crippen molar-refractivity contribution in [2.75, 3.05) is 23.4 Å². The maximum atomic E-state index is 13.6. The van der Waals surface area contributed by atoms with Crippen molar-refractivity contribution in [1.82, 2.24) is 9.97 Å². The fraction of sp³-hybridized carbons (Fsp3) is 0.500. The molecular formula is C20H26FN5O3. The summed E-state index contributed by atoms with van der Waals surface area (Å²) < 4.78 is 13.6. The lowest BCUT2D eigenvalue weighted by Gasteiger charge is -2.36. The summed E-state index contributed by atoms with van der Waals surface area (Å²) in [5.41, 5.74) is 0.618. The smallest absolute Gasteiger partial charge is 0.306 e. The first-order valence-corrected chi connectivity index (χ1v) is 9.98. The quantitative estimate of drug-likeness (QED) is 0.508. The average Bonchev–Trinajstić information content (AvgIpc) is 2.70. The number of rotatable bonds is 8. The fourth-order valence-electron chi connectivity index (χ4n) is 3.68. The van der Waals surface area contributed by atoms with Crippen LogP contribution in [0.4, 0.5) is 27.5 Å². The molecule has 1 aromatic heterocycles. The Hall–Kier alpha value is -2.81. The van der Waals surface area contributed by atoms with Gasteiger partial charge in [0.25, 0.3) is 0 Å². The van der Waals surface area contributed by atoms with Crippen LogP contribution in [0.2, 0.25) is 0 Å². The molecule has 156 valence electrons. The van der Waals surface area contributed by atoms with Crippen molar-refractivity contribution in [1.29, 1.82) is 0 Å². The minimum absolute atomic E-state index is 0.123. The summed E-state index contributed by atoms with van der Waals surface area (Å²) in [7, 11) is 0. The van der Waals surface area contributed by atoms with Gasteiger partial charge in [-0.3, -0.25) is 10.1 Å². The number of hydrogen-bond acceptors (Lipinski definition) is 7. The van der Waals surface area contributed by atoms with E-state index in [2.05, 4.69) is 27.1 Å². The molecule has 1 unspecified atom stereocenters. The van der Waals surface area contributed by atoms with E-state index in [1.807, 2.05) is 6.07 Å². The summed E-state index contributed by atoms with van der Waals surface area (Å²) >= 11 is 0. The average molecular weight is 403 g/mol. The van der Waals surface area contributed by atoms with Crippen LogP contribution >= 0.6 is 0 Å². The van der Waals surface area contributed by atoms with Crippen LogP contribution in [-0.4, -0.2) is 39.2 Å². The number of piperidine rings is 1. The Morgan fingerprint density at radius 3 is 2.90 bits per heavy atom. The van der Waals surface area contributed by atoms with Gasteiger partial charge in [0.15, 0.2) is 0 Å². The first kappa shape index (κ1) is 20.9. The molecule has 8 nitrogen and oxygen atoms in total. The van der Waals surface area contributed by atoms with Crippen LogP contribution in [0.15, 0.2) is 24.3 Å². The largest absolute Gasteiger partial charge is 0.396 e. The molecule has 9 heteroatoms. The third kappa shape index (κ3) is 5.17. The first-order chi connectivity index (χ1) is 14.0. The minimum atomic E-state index is -0.887. The van der Waals surface area contributed by atoms with Crippen molar-refractivity contribution in [2.24, 2.45) is 0 Å². The van der Waals surface area contributed by atoms with Gasteiger partial charge in [-0.25, -0.2) is 4.98 Å². The Labute approximate surface area is 168 Å². The maximum Gasteiger partial charge on any atom is 0.306 e. The fourth-order valence-corrected chi connectivity index (χ4v) is 3.68. The van der Waals surface area contributed by atoms with E-state index in [1.54, 1.807) is 0 Å². The van der Waals surface area contributed by atoms with E-state index in [0.29, 0.717) is 18.1 Å². The predicted octanol–water partition coefficient (Wildman–Crippen LogP) is 3.96. The number of halogens is 1. The van der Waals surface area contributed by atoms with Gasteiger partial charge in [-0.15, -0.1) is 0 Å². The number of aliphatic hydroxyl groups excluding tert-OH is 1. The van der Waals surface area contributed by atoms with Gasteiger partial charge in [-0.05, 0) is 44.2 Å². The lowest BCUT2D eigenvalue weighted by atomic mass is 9.99. The Kier molecular flexibility index (Phi) is 6.92. The monoisotopic (exact) mass is 403 g/mol. The number of nitrogens with one attached hydrogen (secondary N) is 1. The molecule has 2 aromatic rings. The number of aryl methyl sites for hydroxylation is 1. The summed E-state index contributed by atoms with van der Waals surface area (Å²) in [6.45, 7) is 3.04. The highest BCUT2D eigenvalue weighted by Crippen LogP contribution is 2.28. The van der Waals surface area contributed by atoms with Crippen LogP contribution in [0.5, 0.6) is 0 Å². The Bertz CT molecular complexity index is 862. The summed E-state index contributed by atoms with van der Waals surface area (Å²) in [6, 6.07) is 5.81. The van der Waals surface area contributed by atoms with E-state index in [0.717, 1.165) is 62.3 Å². The molecule has 2 heterocycles. The van der Waals surface area contributed by atoms with Crippen LogP contribution in [0.25, 0.3) is 0 Å². The number of aromatic nitrogens is 2. The maximum absolute atomic E-state index is 13.6.